The Hall–Kier alpha value is -1.78. The van der Waals surface area contributed by atoms with Crippen LogP contribution in [0.4, 0.5) is 5.69 Å². The van der Waals surface area contributed by atoms with Crippen LogP contribution in [-0.2, 0) is 10.3 Å². The molecule has 0 unspecified atom stereocenters. The molecule has 1 atom stereocenters. The van der Waals surface area contributed by atoms with E-state index in [4.69, 9.17) is 0 Å². The maximum absolute atomic E-state index is 13.0. The molecular weight excluding hydrogens is 328 g/mol. The van der Waals surface area contributed by atoms with Crippen LogP contribution in [0, 0.1) is 0 Å². The van der Waals surface area contributed by atoms with Gasteiger partial charge in [-0.25, -0.2) is 0 Å². The fourth-order valence-corrected chi connectivity index (χ4v) is 4.21. The molecule has 4 heteroatoms. The second-order valence-corrected chi connectivity index (χ2v) is 8.56. The lowest BCUT2D eigenvalue weighted by Crippen LogP contribution is -2.45. The number of carbonyl (C=O) groups is 1. The van der Waals surface area contributed by atoms with Crippen LogP contribution in [0.5, 0.6) is 0 Å². The van der Waals surface area contributed by atoms with Crippen LogP contribution in [0.2, 0.25) is 0 Å². The third-order valence-electron chi connectivity index (χ3n) is 4.72. The van der Waals surface area contributed by atoms with E-state index in [2.05, 4.69) is 50.4 Å². The van der Waals surface area contributed by atoms with Crippen molar-refractivity contribution < 1.29 is 4.79 Å². The van der Waals surface area contributed by atoms with Gasteiger partial charge >= 0.3 is 0 Å². The molecule has 3 rings (SSSR count). The van der Waals surface area contributed by atoms with Crippen molar-refractivity contribution in [2.45, 2.75) is 42.9 Å². The van der Waals surface area contributed by atoms with E-state index in [1.165, 1.54) is 10.5 Å². The zero-order valence-electron chi connectivity index (χ0n) is 15.2. The standard InChI is InChI=1S/C21H26N2OS/c1-16-13-14-23(18-11-7-8-12-19(18)25-16)20(24)15-22-21(2,3)17-9-5-4-6-10-17/h4-12,16,22H,13-15H2,1-3H3/t16-/m1/s1. The Morgan fingerprint density at radius 1 is 1.16 bits per heavy atom. The highest BCUT2D eigenvalue weighted by Crippen LogP contribution is 2.37. The van der Waals surface area contributed by atoms with Gasteiger partial charge in [-0.3, -0.25) is 10.1 Å². The van der Waals surface area contributed by atoms with Gasteiger partial charge in [0.1, 0.15) is 0 Å². The molecule has 1 N–H and O–H groups in total. The van der Waals surface area contributed by atoms with E-state index < -0.39 is 0 Å². The minimum Gasteiger partial charge on any atom is -0.310 e. The van der Waals surface area contributed by atoms with Crippen molar-refractivity contribution in [3.63, 3.8) is 0 Å². The van der Waals surface area contributed by atoms with Crippen molar-refractivity contribution in [1.82, 2.24) is 5.32 Å². The van der Waals surface area contributed by atoms with E-state index in [0.717, 1.165) is 18.7 Å². The number of carbonyl (C=O) groups excluding carboxylic acids is 1. The van der Waals surface area contributed by atoms with Crippen molar-refractivity contribution in [1.29, 1.82) is 0 Å². The molecule has 2 aromatic carbocycles. The maximum atomic E-state index is 13.0. The first-order chi connectivity index (χ1) is 12.0. The molecule has 3 nitrogen and oxygen atoms in total. The lowest BCUT2D eigenvalue weighted by atomic mass is 9.94. The molecule has 0 saturated heterocycles. The number of anilines is 1. The minimum absolute atomic E-state index is 0.131. The number of nitrogens with zero attached hydrogens (tertiary/aromatic N) is 1. The van der Waals surface area contributed by atoms with Crippen LogP contribution < -0.4 is 10.2 Å². The Kier molecular flexibility index (Phi) is 5.50. The summed E-state index contributed by atoms with van der Waals surface area (Å²) >= 11 is 1.86. The lowest BCUT2D eigenvalue weighted by Gasteiger charge is -2.29. The molecule has 2 aromatic rings. The van der Waals surface area contributed by atoms with Crippen LogP contribution in [0.3, 0.4) is 0 Å². The minimum atomic E-state index is -0.246. The molecule has 25 heavy (non-hydrogen) atoms. The van der Waals surface area contributed by atoms with Gasteiger partial charge in [-0.15, -0.1) is 11.8 Å². The number of rotatable bonds is 4. The number of hydrogen-bond acceptors (Lipinski definition) is 3. The molecule has 0 saturated carbocycles. The van der Waals surface area contributed by atoms with Gasteiger partial charge in [-0.1, -0.05) is 49.4 Å². The highest BCUT2D eigenvalue weighted by Gasteiger charge is 2.26. The van der Waals surface area contributed by atoms with Crippen LogP contribution in [-0.4, -0.2) is 24.2 Å². The van der Waals surface area contributed by atoms with Crippen molar-refractivity contribution in [3.05, 3.63) is 60.2 Å². The molecule has 0 bridgehead atoms. The fourth-order valence-electron chi connectivity index (χ4n) is 3.09. The summed E-state index contributed by atoms with van der Waals surface area (Å²) in [7, 11) is 0. The van der Waals surface area contributed by atoms with Crippen LogP contribution in [0.15, 0.2) is 59.5 Å². The number of fused-ring (bicyclic) bond motifs is 1. The Balaban J connectivity index is 1.73. The second kappa shape index (κ2) is 7.63. The monoisotopic (exact) mass is 354 g/mol. The normalized spacial score (nSPS) is 17.7. The van der Waals surface area contributed by atoms with Gasteiger partial charge in [0.15, 0.2) is 0 Å². The highest BCUT2D eigenvalue weighted by atomic mass is 32.2. The van der Waals surface area contributed by atoms with E-state index >= 15 is 0 Å². The zero-order valence-corrected chi connectivity index (χ0v) is 16.0. The largest absolute Gasteiger partial charge is 0.310 e. The first kappa shape index (κ1) is 18.0. The molecular formula is C21H26N2OS. The maximum Gasteiger partial charge on any atom is 0.240 e. The Morgan fingerprint density at radius 3 is 2.60 bits per heavy atom. The number of thioether (sulfide) groups is 1. The lowest BCUT2D eigenvalue weighted by molar-refractivity contribution is -0.118. The third-order valence-corrected chi connectivity index (χ3v) is 5.96. The average molecular weight is 355 g/mol. The smallest absolute Gasteiger partial charge is 0.240 e. The SMILES string of the molecule is C[C@@H]1CCN(C(=O)CNC(C)(C)c2ccccc2)c2ccccc2S1. The Labute approximate surface area is 154 Å². The average Bonchev–Trinajstić information content (AvgIpc) is 2.79. The van der Waals surface area contributed by atoms with Crippen molar-refractivity contribution in [2.24, 2.45) is 0 Å². The molecule has 1 aliphatic heterocycles. The Bertz CT molecular complexity index is 730. The summed E-state index contributed by atoms with van der Waals surface area (Å²) in [4.78, 5) is 16.1. The zero-order chi connectivity index (χ0) is 17.9. The number of amides is 1. The summed E-state index contributed by atoms with van der Waals surface area (Å²) in [5, 5.41) is 3.96. The summed E-state index contributed by atoms with van der Waals surface area (Å²) in [6.45, 7) is 7.56. The molecule has 0 spiro atoms. The third kappa shape index (κ3) is 4.25. The molecule has 1 amide bonds. The van der Waals surface area contributed by atoms with Crippen molar-refractivity contribution in [3.8, 4) is 0 Å². The van der Waals surface area contributed by atoms with Crippen molar-refractivity contribution in [2.75, 3.05) is 18.0 Å². The van der Waals surface area contributed by atoms with Gasteiger partial charge in [0.25, 0.3) is 0 Å². The van der Waals surface area contributed by atoms with E-state index in [1.54, 1.807) is 0 Å². The second-order valence-electron chi connectivity index (χ2n) is 7.07. The number of benzene rings is 2. The summed E-state index contributed by atoms with van der Waals surface area (Å²) in [6.07, 6.45) is 1.01. The van der Waals surface area contributed by atoms with E-state index in [9.17, 15) is 4.79 Å². The molecule has 0 radical (unpaired) electrons. The van der Waals surface area contributed by atoms with Gasteiger partial charge in [0.2, 0.25) is 5.91 Å². The fraction of sp³-hybridized carbons (Fsp3) is 0.381. The van der Waals surface area contributed by atoms with Gasteiger partial charge < -0.3 is 4.90 Å². The van der Waals surface area contributed by atoms with Gasteiger partial charge in [-0.2, -0.15) is 0 Å². The van der Waals surface area contributed by atoms with E-state index in [0.29, 0.717) is 11.8 Å². The summed E-state index contributed by atoms with van der Waals surface area (Å²) in [6, 6.07) is 18.5. The Morgan fingerprint density at radius 2 is 1.84 bits per heavy atom. The summed E-state index contributed by atoms with van der Waals surface area (Å²) in [5.41, 5.74) is 1.98. The van der Waals surface area contributed by atoms with Crippen LogP contribution >= 0.6 is 11.8 Å². The predicted octanol–water partition coefficient (Wildman–Crippen LogP) is 4.43. The quantitative estimate of drug-likeness (QED) is 0.881. The van der Waals surface area contributed by atoms with Crippen LogP contribution in [0.1, 0.15) is 32.8 Å². The predicted molar refractivity (Wildman–Crippen MR) is 106 cm³/mol. The summed E-state index contributed by atoms with van der Waals surface area (Å²) in [5.74, 6) is 0.131. The van der Waals surface area contributed by atoms with Gasteiger partial charge in [0.05, 0.1) is 12.2 Å². The van der Waals surface area contributed by atoms with E-state index in [1.807, 2.05) is 47.0 Å². The number of nitrogens with one attached hydrogen (secondary N) is 1. The van der Waals surface area contributed by atoms with E-state index in [-0.39, 0.29) is 11.4 Å². The number of hydrogen-bond donors (Lipinski definition) is 1. The molecule has 1 heterocycles. The van der Waals surface area contributed by atoms with Gasteiger partial charge in [-0.05, 0) is 38.0 Å². The van der Waals surface area contributed by atoms with Gasteiger partial charge in [0, 0.05) is 22.2 Å². The molecule has 0 aliphatic carbocycles. The first-order valence-electron chi connectivity index (χ1n) is 8.84. The van der Waals surface area contributed by atoms with Crippen molar-refractivity contribution >= 4 is 23.4 Å². The first-order valence-corrected chi connectivity index (χ1v) is 9.72. The highest BCUT2D eigenvalue weighted by molar-refractivity contribution is 8.00. The number of para-hydroxylation sites is 1. The molecule has 132 valence electrons. The molecule has 0 aromatic heterocycles. The van der Waals surface area contributed by atoms with Crippen LogP contribution in [0.25, 0.3) is 0 Å². The molecule has 1 aliphatic rings. The molecule has 0 fully saturated rings. The topological polar surface area (TPSA) is 32.3 Å². The summed E-state index contributed by atoms with van der Waals surface area (Å²) < 4.78 is 0.